The third kappa shape index (κ3) is 1.50. The number of benzene rings is 1. The van der Waals surface area contributed by atoms with Gasteiger partial charge in [-0.05, 0) is 30.4 Å². The molecule has 3 aliphatic rings. The van der Waals surface area contributed by atoms with Gasteiger partial charge in [0.25, 0.3) is 5.69 Å². The number of carbonyl (C=O) groups excluding carboxylic acids is 2. The molecular formula is C15H13N3O4. The van der Waals surface area contributed by atoms with Crippen molar-refractivity contribution in [2.24, 2.45) is 23.7 Å². The lowest BCUT2D eigenvalue weighted by atomic mass is 9.85. The normalized spacial score (nSPS) is 31.9. The van der Waals surface area contributed by atoms with E-state index in [4.69, 9.17) is 5.73 Å². The Morgan fingerprint density at radius 2 is 1.73 bits per heavy atom. The van der Waals surface area contributed by atoms with E-state index >= 15 is 0 Å². The predicted octanol–water partition coefficient (Wildman–Crippen LogP) is 1.49. The van der Waals surface area contributed by atoms with Crippen molar-refractivity contribution in [3.8, 4) is 0 Å². The van der Waals surface area contributed by atoms with Crippen molar-refractivity contribution >= 4 is 28.9 Å². The molecule has 1 heterocycles. The highest BCUT2D eigenvalue weighted by molar-refractivity contribution is 6.23. The molecule has 22 heavy (non-hydrogen) atoms. The third-order valence-electron chi connectivity index (χ3n) is 4.94. The minimum atomic E-state index is -0.615. The first-order chi connectivity index (χ1) is 10.5. The van der Waals surface area contributed by atoms with Gasteiger partial charge in [-0.2, -0.15) is 0 Å². The maximum Gasteiger partial charge on any atom is 0.294 e. The van der Waals surface area contributed by atoms with Crippen LogP contribution in [0.25, 0.3) is 0 Å². The number of carbonyl (C=O) groups is 2. The lowest BCUT2D eigenvalue weighted by Crippen LogP contribution is -2.32. The number of nitro groups is 1. The van der Waals surface area contributed by atoms with E-state index in [9.17, 15) is 19.7 Å². The molecule has 1 saturated heterocycles. The molecule has 7 heteroatoms. The number of allylic oxidation sites excluding steroid dienone is 2. The standard InChI is InChI=1S/C15H13N3O4/c16-10-4-3-9(6-11(10)18(21)22)17-14(19)12-7-1-2-8(5-7)13(12)15(17)20/h1-4,6-8,12-13H,5,16H2/t7-,8?,12-,13+/m0/s1. The molecule has 1 unspecified atom stereocenters. The largest absolute Gasteiger partial charge is 0.393 e. The van der Waals surface area contributed by atoms with Crippen LogP contribution in [0.2, 0.25) is 0 Å². The first-order valence-electron chi connectivity index (χ1n) is 7.09. The second-order valence-corrected chi connectivity index (χ2v) is 6.01. The van der Waals surface area contributed by atoms with Crippen LogP contribution < -0.4 is 10.6 Å². The van der Waals surface area contributed by atoms with E-state index in [1.807, 2.05) is 12.2 Å². The van der Waals surface area contributed by atoms with E-state index in [0.717, 1.165) is 11.3 Å². The number of nitrogens with zero attached hydrogens (tertiary/aromatic N) is 2. The summed E-state index contributed by atoms with van der Waals surface area (Å²) in [6, 6.07) is 4.03. The molecule has 7 nitrogen and oxygen atoms in total. The molecule has 0 radical (unpaired) electrons. The number of rotatable bonds is 2. The van der Waals surface area contributed by atoms with Crippen LogP contribution >= 0.6 is 0 Å². The monoisotopic (exact) mass is 299 g/mol. The number of nitro benzene ring substituents is 1. The second kappa shape index (κ2) is 4.16. The highest BCUT2D eigenvalue weighted by atomic mass is 16.6. The lowest BCUT2D eigenvalue weighted by molar-refractivity contribution is -0.383. The predicted molar refractivity (Wildman–Crippen MR) is 77.7 cm³/mol. The Bertz CT molecular complexity index is 727. The van der Waals surface area contributed by atoms with Crippen LogP contribution in [0.5, 0.6) is 0 Å². The van der Waals surface area contributed by atoms with Gasteiger partial charge in [-0.1, -0.05) is 12.2 Å². The van der Waals surface area contributed by atoms with Crippen LogP contribution in [-0.4, -0.2) is 16.7 Å². The van der Waals surface area contributed by atoms with Crippen LogP contribution in [0.15, 0.2) is 30.4 Å². The fraction of sp³-hybridized carbons (Fsp3) is 0.333. The number of imide groups is 1. The molecule has 1 aromatic carbocycles. The van der Waals surface area contributed by atoms with E-state index in [-0.39, 0.29) is 52.5 Å². The van der Waals surface area contributed by atoms with E-state index < -0.39 is 4.92 Å². The molecular weight excluding hydrogens is 286 g/mol. The minimum absolute atomic E-state index is 0.00905. The molecule has 1 aromatic rings. The highest BCUT2D eigenvalue weighted by Gasteiger charge is 2.59. The van der Waals surface area contributed by atoms with Crippen LogP contribution in [0, 0.1) is 33.8 Å². The zero-order chi connectivity index (χ0) is 15.6. The Kier molecular flexibility index (Phi) is 2.46. The minimum Gasteiger partial charge on any atom is -0.393 e. The number of hydrogen-bond donors (Lipinski definition) is 1. The van der Waals surface area contributed by atoms with Gasteiger partial charge in [0, 0.05) is 6.07 Å². The number of anilines is 2. The molecule has 2 bridgehead atoms. The van der Waals surface area contributed by atoms with Gasteiger partial charge in [0.1, 0.15) is 5.69 Å². The molecule has 2 aliphatic carbocycles. The van der Waals surface area contributed by atoms with Crippen LogP contribution in [0.4, 0.5) is 17.1 Å². The summed E-state index contributed by atoms with van der Waals surface area (Å²) < 4.78 is 0. The Hall–Kier alpha value is -2.70. The molecule has 1 saturated carbocycles. The fourth-order valence-electron chi connectivity index (χ4n) is 3.99. The average Bonchev–Trinajstić information content (AvgIpc) is 3.14. The van der Waals surface area contributed by atoms with Crippen molar-refractivity contribution in [1.29, 1.82) is 0 Å². The van der Waals surface area contributed by atoms with Gasteiger partial charge in [0.2, 0.25) is 11.8 Å². The SMILES string of the molecule is Nc1ccc(N2C(=O)[C@@H]3[C@H](C2=O)C2C=C[C@H]3C2)cc1[N+](=O)[O-]. The number of nitrogen functional groups attached to an aromatic ring is 1. The molecule has 1 aliphatic heterocycles. The van der Waals surface area contributed by atoms with E-state index in [0.29, 0.717) is 0 Å². The molecule has 2 amide bonds. The Morgan fingerprint density at radius 3 is 2.27 bits per heavy atom. The molecule has 112 valence electrons. The third-order valence-corrected chi connectivity index (χ3v) is 4.94. The number of fused-ring (bicyclic) bond motifs is 5. The van der Waals surface area contributed by atoms with Gasteiger partial charge in [0.05, 0.1) is 22.4 Å². The van der Waals surface area contributed by atoms with E-state index in [1.165, 1.54) is 18.2 Å². The van der Waals surface area contributed by atoms with Crippen molar-refractivity contribution in [3.05, 3.63) is 40.5 Å². The number of hydrogen-bond acceptors (Lipinski definition) is 5. The molecule has 0 aromatic heterocycles. The van der Waals surface area contributed by atoms with Gasteiger partial charge in [-0.25, -0.2) is 4.90 Å². The maximum absolute atomic E-state index is 12.6. The van der Waals surface area contributed by atoms with E-state index in [1.54, 1.807) is 0 Å². The van der Waals surface area contributed by atoms with Gasteiger partial charge < -0.3 is 5.73 Å². The average molecular weight is 299 g/mol. The van der Waals surface area contributed by atoms with Crippen LogP contribution in [0.1, 0.15) is 6.42 Å². The summed E-state index contributed by atoms with van der Waals surface area (Å²) in [5, 5.41) is 11.0. The first kappa shape index (κ1) is 13.0. The van der Waals surface area contributed by atoms with E-state index in [2.05, 4.69) is 0 Å². The van der Waals surface area contributed by atoms with Crippen LogP contribution in [-0.2, 0) is 9.59 Å². The summed E-state index contributed by atoms with van der Waals surface area (Å²) in [6.45, 7) is 0. The Morgan fingerprint density at radius 1 is 1.14 bits per heavy atom. The molecule has 2 fully saturated rings. The van der Waals surface area contributed by atoms with Gasteiger partial charge in [-0.15, -0.1) is 0 Å². The van der Waals surface area contributed by atoms with Gasteiger partial charge in [-0.3, -0.25) is 19.7 Å². The number of amides is 2. The Balaban J connectivity index is 1.76. The summed E-state index contributed by atoms with van der Waals surface area (Å²) in [4.78, 5) is 36.7. The van der Waals surface area contributed by atoms with Gasteiger partial charge >= 0.3 is 0 Å². The lowest BCUT2D eigenvalue weighted by Gasteiger charge is -2.17. The molecule has 4 atom stereocenters. The van der Waals surface area contributed by atoms with Crippen molar-refractivity contribution in [2.45, 2.75) is 6.42 Å². The molecule has 0 spiro atoms. The summed E-state index contributed by atoms with van der Waals surface area (Å²) in [7, 11) is 0. The van der Waals surface area contributed by atoms with Crippen molar-refractivity contribution in [2.75, 3.05) is 10.6 Å². The van der Waals surface area contributed by atoms with Crippen molar-refractivity contribution in [3.63, 3.8) is 0 Å². The quantitative estimate of drug-likeness (QED) is 0.293. The maximum atomic E-state index is 12.6. The van der Waals surface area contributed by atoms with Crippen molar-refractivity contribution < 1.29 is 14.5 Å². The Labute approximate surface area is 125 Å². The topological polar surface area (TPSA) is 107 Å². The summed E-state index contributed by atoms with van der Waals surface area (Å²) in [5.74, 6) is -0.935. The van der Waals surface area contributed by atoms with Crippen molar-refractivity contribution in [1.82, 2.24) is 0 Å². The summed E-state index contributed by atoms with van der Waals surface area (Å²) in [5.41, 5.74) is 5.50. The second-order valence-electron chi connectivity index (χ2n) is 6.01. The molecule has 2 N–H and O–H groups in total. The zero-order valence-electron chi connectivity index (χ0n) is 11.5. The zero-order valence-corrected chi connectivity index (χ0v) is 11.5. The summed E-state index contributed by atoms with van der Waals surface area (Å²) in [6.07, 6.45) is 4.86. The van der Waals surface area contributed by atoms with Crippen LogP contribution in [0.3, 0.4) is 0 Å². The number of nitrogens with two attached hydrogens (primary N) is 1. The molecule has 4 rings (SSSR count). The first-order valence-corrected chi connectivity index (χ1v) is 7.09. The highest BCUT2D eigenvalue weighted by Crippen LogP contribution is 2.53. The smallest absolute Gasteiger partial charge is 0.294 e. The van der Waals surface area contributed by atoms with Gasteiger partial charge in [0.15, 0.2) is 0 Å². The summed E-state index contributed by atoms with van der Waals surface area (Å²) >= 11 is 0. The fourth-order valence-corrected chi connectivity index (χ4v) is 3.99.